The third-order valence-corrected chi connectivity index (χ3v) is 5.44. The van der Waals surface area contributed by atoms with E-state index in [9.17, 15) is 33.0 Å². The molecule has 0 aromatic heterocycles. The number of amides is 2. The van der Waals surface area contributed by atoms with E-state index in [2.05, 4.69) is 0 Å². The van der Waals surface area contributed by atoms with Crippen LogP contribution in [0.5, 0.6) is 11.5 Å². The molecule has 2 N–H and O–H groups in total. The number of hydrogen-bond acceptors (Lipinski definition) is 4. The highest BCUT2D eigenvalue weighted by Crippen LogP contribution is 2.37. The first-order chi connectivity index (χ1) is 14.4. The van der Waals surface area contributed by atoms with Gasteiger partial charge in [-0.3, -0.25) is 9.59 Å². The summed E-state index contributed by atoms with van der Waals surface area (Å²) in [6, 6.07) is 6.26. The van der Waals surface area contributed by atoms with Gasteiger partial charge in [-0.25, -0.2) is 0 Å². The Morgan fingerprint density at radius 3 is 2.52 bits per heavy atom. The zero-order valence-electron chi connectivity index (χ0n) is 16.7. The molecule has 1 atom stereocenters. The predicted molar refractivity (Wildman–Crippen MR) is 109 cm³/mol. The Morgan fingerprint density at radius 2 is 1.87 bits per heavy atom. The molecule has 1 heterocycles. The average Bonchev–Trinajstić information content (AvgIpc) is 2.68. The van der Waals surface area contributed by atoms with Gasteiger partial charge >= 0.3 is 6.18 Å². The van der Waals surface area contributed by atoms with Crippen LogP contribution in [0, 0.1) is 0 Å². The van der Waals surface area contributed by atoms with Crippen LogP contribution in [0.3, 0.4) is 0 Å². The maximum absolute atomic E-state index is 13.2. The van der Waals surface area contributed by atoms with Crippen LogP contribution in [-0.2, 0) is 6.42 Å². The summed E-state index contributed by atoms with van der Waals surface area (Å²) in [4.78, 5) is 27.6. The zero-order chi connectivity index (χ0) is 23.1. The van der Waals surface area contributed by atoms with Crippen molar-refractivity contribution in [2.45, 2.75) is 32.0 Å². The summed E-state index contributed by atoms with van der Waals surface area (Å²) in [6.45, 7) is 0.446. The maximum atomic E-state index is 13.2. The van der Waals surface area contributed by atoms with Gasteiger partial charge in [0.15, 0.2) is 0 Å². The minimum absolute atomic E-state index is 0.0861. The number of carbonyl (C=O) groups excluding carboxylic acids is 2. The Balaban J connectivity index is 1.95. The molecule has 2 aromatic rings. The minimum Gasteiger partial charge on any atom is -0.507 e. The number of aryl methyl sites for hydroxylation is 1. The van der Waals surface area contributed by atoms with Crippen LogP contribution >= 0.6 is 11.6 Å². The number of alkyl halides is 3. The Labute approximate surface area is 181 Å². The summed E-state index contributed by atoms with van der Waals surface area (Å²) in [7, 11) is 1.07. The summed E-state index contributed by atoms with van der Waals surface area (Å²) >= 11 is 5.88. The van der Waals surface area contributed by atoms with Crippen molar-refractivity contribution in [3.63, 3.8) is 0 Å². The third kappa shape index (κ3) is 4.71. The lowest BCUT2D eigenvalue weighted by molar-refractivity contribution is -0.138. The lowest BCUT2D eigenvalue weighted by Gasteiger charge is -2.36. The number of phenolic OH excluding ortho intramolecular Hbond substituents is 2. The molecule has 1 unspecified atom stereocenters. The van der Waals surface area contributed by atoms with Crippen molar-refractivity contribution in [2.75, 3.05) is 18.5 Å². The normalized spacial score (nSPS) is 16.1. The molecule has 1 aliphatic rings. The number of aromatic hydroxyl groups is 2. The van der Waals surface area contributed by atoms with E-state index in [4.69, 9.17) is 11.6 Å². The topological polar surface area (TPSA) is 81.1 Å². The molecule has 2 aromatic carbocycles. The van der Waals surface area contributed by atoms with Crippen molar-refractivity contribution < 1.29 is 33.0 Å². The van der Waals surface area contributed by atoms with Crippen LogP contribution in [0.15, 0.2) is 30.3 Å². The molecule has 0 aliphatic carbocycles. The van der Waals surface area contributed by atoms with Crippen LogP contribution < -0.4 is 4.90 Å². The first kappa shape index (κ1) is 22.7. The van der Waals surface area contributed by atoms with Gasteiger partial charge in [-0.1, -0.05) is 11.6 Å². The average molecular weight is 457 g/mol. The van der Waals surface area contributed by atoms with Gasteiger partial charge in [0.05, 0.1) is 10.6 Å². The molecule has 0 saturated carbocycles. The van der Waals surface area contributed by atoms with E-state index in [0.29, 0.717) is 29.0 Å². The molecule has 2 amide bonds. The number of benzene rings is 2. The van der Waals surface area contributed by atoms with E-state index in [1.165, 1.54) is 29.2 Å². The van der Waals surface area contributed by atoms with Crippen molar-refractivity contribution in [1.29, 1.82) is 0 Å². The van der Waals surface area contributed by atoms with Crippen molar-refractivity contribution in [1.82, 2.24) is 4.90 Å². The monoisotopic (exact) mass is 456 g/mol. The fraction of sp³-hybridized carbons (Fsp3) is 0.333. The van der Waals surface area contributed by atoms with Gasteiger partial charge in [0.2, 0.25) is 0 Å². The predicted octanol–water partition coefficient (Wildman–Crippen LogP) is 4.37. The number of phenols is 2. The number of carbonyl (C=O) groups is 2. The van der Waals surface area contributed by atoms with Crippen LogP contribution in [0.25, 0.3) is 0 Å². The summed E-state index contributed by atoms with van der Waals surface area (Å²) in [5.74, 6) is -2.14. The molecule has 6 nitrogen and oxygen atoms in total. The second kappa shape index (κ2) is 8.30. The van der Waals surface area contributed by atoms with E-state index < -0.39 is 30.3 Å². The van der Waals surface area contributed by atoms with Crippen LogP contribution in [0.1, 0.15) is 39.6 Å². The highest BCUT2D eigenvalue weighted by Gasteiger charge is 2.33. The standard InChI is InChI=1S/C21H20ClF3N2O4/c1-11-3-4-12-7-13(19(30)26(2)10-21(23,24)25)5-6-16(12)27(11)20(31)14-8-15(22)18(29)9-17(14)28/h5-9,11,28-29H,3-4,10H2,1-2H3. The van der Waals surface area contributed by atoms with Gasteiger partial charge in [-0.05, 0) is 49.6 Å². The van der Waals surface area contributed by atoms with E-state index in [1.54, 1.807) is 0 Å². The molecule has 166 valence electrons. The number of nitrogens with zero attached hydrogens (tertiary/aromatic N) is 2. The van der Waals surface area contributed by atoms with E-state index in [1.807, 2.05) is 6.92 Å². The van der Waals surface area contributed by atoms with Gasteiger partial charge in [-0.2, -0.15) is 13.2 Å². The quantitative estimate of drug-likeness (QED) is 0.718. The zero-order valence-corrected chi connectivity index (χ0v) is 17.5. The van der Waals surface area contributed by atoms with Gasteiger partial charge in [0.1, 0.15) is 18.0 Å². The Morgan fingerprint density at radius 1 is 1.19 bits per heavy atom. The van der Waals surface area contributed by atoms with Crippen molar-refractivity contribution in [2.24, 2.45) is 0 Å². The number of fused-ring (bicyclic) bond motifs is 1. The smallest absolute Gasteiger partial charge is 0.406 e. The fourth-order valence-corrected chi connectivity index (χ4v) is 3.77. The molecule has 3 rings (SSSR count). The largest absolute Gasteiger partial charge is 0.507 e. The Hall–Kier alpha value is -2.94. The van der Waals surface area contributed by atoms with Crippen molar-refractivity contribution in [3.8, 4) is 11.5 Å². The minimum atomic E-state index is -4.51. The molecule has 10 heteroatoms. The lowest BCUT2D eigenvalue weighted by atomic mass is 9.93. The van der Waals surface area contributed by atoms with Gasteiger partial charge in [0.25, 0.3) is 11.8 Å². The Bertz CT molecular complexity index is 1040. The van der Waals surface area contributed by atoms with Crippen molar-refractivity contribution in [3.05, 3.63) is 52.0 Å². The lowest BCUT2D eigenvalue weighted by Crippen LogP contribution is -2.42. The highest BCUT2D eigenvalue weighted by molar-refractivity contribution is 6.32. The van der Waals surface area contributed by atoms with Gasteiger partial charge < -0.3 is 20.0 Å². The summed E-state index contributed by atoms with van der Waals surface area (Å²) < 4.78 is 37.8. The number of anilines is 1. The van der Waals surface area contributed by atoms with Crippen molar-refractivity contribution >= 4 is 29.1 Å². The fourth-order valence-electron chi connectivity index (χ4n) is 3.61. The molecule has 0 spiro atoms. The SMILES string of the molecule is CC1CCc2cc(C(=O)N(C)CC(F)(F)F)ccc2N1C(=O)c1cc(Cl)c(O)cc1O. The van der Waals surface area contributed by atoms with Crippen LogP contribution in [0.4, 0.5) is 18.9 Å². The van der Waals surface area contributed by atoms with Gasteiger partial charge in [0, 0.05) is 30.4 Å². The maximum Gasteiger partial charge on any atom is 0.406 e. The van der Waals surface area contributed by atoms with E-state index in [0.717, 1.165) is 13.1 Å². The number of halogens is 4. The van der Waals surface area contributed by atoms with E-state index >= 15 is 0 Å². The molecule has 0 fully saturated rings. The molecule has 31 heavy (non-hydrogen) atoms. The van der Waals surface area contributed by atoms with Crippen LogP contribution in [-0.4, -0.2) is 52.7 Å². The molecule has 0 saturated heterocycles. The number of hydrogen-bond donors (Lipinski definition) is 2. The first-order valence-electron chi connectivity index (χ1n) is 9.39. The van der Waals surface area contributed by atoms with E-state index in [-0.39, 0.29) is 27.9 Å². The molecular formula is C21H20ClF3N2O4. The molecule has 0 bridgehead atoms. The molecular weight excluding hydrogens is 437 g/mol. The number of rotatable bonds is 3. The summed E-state index contributed by atoms with van der Waals surface area (Å²) in [5, 5.41) is 19.6. The molecule has 0 radical (unpaired) electrons. The highest BCUT2D eigenvalue weighted by atomic mass is 35.5. The summed E-state index contributed by atoms with van der Waals surface area (Å²) in [5.41, 5.74) is 1.10. The summed E-state index contributed by atoms with van der Waals surface area (Å²) in [6.07, 6.45) is -3.45. The Kier molecular flexibility index (Phi) is 6.09. The first-order valence-corrected chi connectivity index (χ1v) is 9.77. The third-order valence-electron chi connectivity index (χ3n) is 5.14. The molecule has 1 aliphatic heterocycles. The second-order valence-corrected chi connectivity index (χ2v) is 7.91. The van der Waals surface area contributed by atoms with Crippen LogP contribution in [0.2, 0.25) is 5.02 Å². The second-order valence-electron chi connectivity index (χ2n) is 7.50. The van der Waals surface area contributed by atoms with Gasteiger partial charge in [-0.15, -0.1) is 0 Å².